The van der Waals surface area contributed by atoms with Crippen LogP contribution in [0.15, 0.2) is 84.9 Å². The SMILES string of the molecule is COc1ccccc1CN1[C@H](CO)[C@@H](c2ccccc2)C12CN(C(=O)Cc1ccccc1)C2. The van der Waals surface area contributed by atoms with Gasteiger partial charge in [-0.1, -0.05) is 78.9 Å². The van der Waals surface area contributed by atoms with Crippen LogP contribution in [0, 0.1) is 0 Å². The number of carbonyl (C=O) groups excluding carboxylic acids is 1. The summed E-state index contributed by atoms with van der Waals surface area (Å²) in [5, 5.41) is 10.4. The van der Waals surface area contributed by atoms with E-state index in [0.29, 0.717) is 26.1 Å². The molecule has 1 N–H and O–H groups in total. The first-order valence-corrected chi connectivity index (χ1v) is 11.5. The van der Waals surface area contributed by atoms with Crippen molar-refractivity contribution in [1.29, 1.82) is 0 Å². The molecule has 2 heterocycles. The van der Waals surface area contributed by atoms with Gasteiger partial charge in [-0.05, 0) is 17.2 Å². The molecule has 2 fully saturated rings. The normalized spacial score (nSPS) is 21.3. The Morgan fingerprint density at radius 1 is 0.970 bits per heavy atom. The molecule has 0 bridgehead atoms. The van der Waals surface area contributed by atoms with Crippen LogP contribution in [0.25, 0.3) is 0 Å². The molecule has 33 heavy (non-hydrogen) atoms. The van der Waals surface area contributed by atoms with Gasteiger partial charge in [0.25, 0.3) is 0 Å². The minimum atomic E-state index is -0.179. The smallest absolute Gasteiger partial charge is 0.227 e. The standard InChI is InChI=1S/C28H30N2O3/c1-33-25-15-9-8-14-23(25)17-30-24(18-31)27(22-12-6-3-7-13-22)28(30)19-29(20-28)26(32)16-21-10-4-2-5-11-21/h2-15,24,27,31H,16-20H2,1H3/t24-,27-/m1/s1. The van der Waals surface area contributed by atoms with Gasteiger partial charge < -0.3 is 14.7 Å². The highest BCUT2D eigenvalue weighted by molar-refractivity contribution is 5.80. The Balaban J connectivity index is 1.40. The molecular formula is C28H30N2O3. The van der Waals surface area contributed by atoms with E-state index in [1.165, 1.54) is 5.56 Å². The quantitative estimate of drug-likeness (QED) is 0.609. The average Bonchev–Trinajstić information content (AvgIpc) is 2.82. The highest BCUT2D eigenvalue weighted by Gasteiger charge is 2.66. The Bertz CT molecular complexity index is 1100. The summed E-state index contributed by atoms with van der Waals surface area (Å²) < 4.78 is 5.59. The van der Waals surface area contributed by atoms with Crippen LogP contribution in [-0.4, -0.2) is 59.2 Å². The lowest BCUT2D eigenvalue weighted by atomic mass is 9.60. The van der Waals surface area contributed by atoms with Crippen molar-refractivity contribution < 1.29 is 14.6 Å². The first-order valence-electron chi connectivity index (χ1n) is 11.5. The van der Waals surface area contributed by atoms with Gasteiger partial charge in [0.2, 0.25) is 5.91 Å². The van der Waals surface area contributed by atoms with Crippen LogP contribution in [0.2, 0.25) is 0 Å². The monoisotopic (exact) mass is 442 g/mol. The molecule has 5 heteroatoms. The number of aliphatic hydroxyl groups excluding tert-OH is 1. The topological polar surface area (TPSA) is 53.0 Å². The zero-order valence-electron chi connectivity index (χ0n) is 18.9. The minimum Gasteiger partial charge on any atom is -0.496 e. The van der Waals surface area contributed by atoms with E-state index in [9.17, 15) is 9.90 Å². The number of nitrogens with zero attached hydrogens (tertiary/aromatic N) is 2. The lowest BCUT2D eigenvalue weighted by Crippen LogP contribution is -2.84. The van der Waals surface area contributed by atoms with Gasteiger partial charge in [-0.25, -0.2) is 0 Å². The number of carbonyl (C=O) groups is 1. The number of amides is 1. The number of hydrogen-bond donors (Lipinski definition) is 1. The Morgan fingerprint density at radius 3 is 2.27 bits per heavy atom. The Morgan fingerprint density at radius 2 is 1.61 bits per heavy atom. The van der Waals surface area contributed by atoms with Gasteiger partial charge in [-0.15, -0.1) is 0 Å². The molecule has 0 aromatic heterocycles. The lowest BCUT2D eigenvalue weighted by Gasteiger charge is -2.71. The summed E-state index contributed by atoms with van der Waals surface area (Å²) in [6.45, 7) is 2.10. The second-order valence-electron chi connectivity index (χ2n) is 9.09. The van der Waals surface area contributed by atoms with Crippen molar-refractivity contribution in [3.8, 4) is 5.75 Å². The second-order valence-corrected chi connectivity index (χ2v) is 9.09. The number of rotatable bonds is 7. The molecule has 2 saturated heterocycles. The van der Waals surface area contributed by atoms with Gasteiger partial charge in [0.05, 0.1) is 25.7 Å². The van der Waals surface area contributed by atoms with Crippen LogP contribution >= 0.6 is 0 Å². The highest BCUT2D eigenvalue weighted by atomic mass is 16.5. The number of methoxy groups -OCH3 is 1. The fraction of sp³-hybridized carbons (Fsp3) is 0.321. The molecule has 5 nitrogen and oxygen atoms in total. The summed E-state index contributed by atoms with van der Waals surface area (Å²) in [6.07, 6.45) is 0.420. The lowest BCUT2D eigenvalue weighted by molar-refractivity contribution is -0.200. The number of hydrogen-bond acceptors (Lipinski definition) is 4. The molecule has 170 valence electrons. The van der Waals surface area contributed by atoms with Crippen LogP contribution in [-0.2, 0) is 17.8 Å². The van der Waals surface area contributed by atoms with Crippen LogP contribution in [0.1, 0.15) is 22.6 Å². The maximum atomic E-state index is 13.0. The zero-order valence-corrected chi connectivity index (χ0v) is 18.9. The molecule has 1 amide bonds. The minimum absolute atomic E-state index is 0.00341. The molecule has 5 rings (SSSR count). The summed E-state index contributed by atoms with van der Waals surface area (Å²) in [5.41, 5.74) is 3.18. The van der Waals surface area contributed by atoms with Crippen molar-refractivity contribution in [1.82, 2.24) is 9.80 Å². The average molecular weight is 443 g/mol. The molecule has 1 spiro atoms. The van der Waals surface area contributed by atoms with Crippen molar-refractivity contribution in [3.63, 3.8) is 0 Å². The number of likely N-dealkylation sites (tertiary alicyclic amines) is 2. The predicted octanol–water partition coefficient (Wildman–Crippen LogP) is 3.48. The maximum Gasteiger partial charge on any atom is 0.227 e. The van der Waals surface area contributed by atoms with E-state index in [1.807, 2.05) is 59.5 Å². The molecule has 2 aliphatic heterocycles. The van der Waals surface area contributed by atoms with Gasteiger partial charge in [0.15, 0.2) is 0 Å². The number of aliphatic hydroxyl groups is 1. The third kappa shape index (κ3) is 3.81. The molecule has 2 atom stereocenters. The molecular weight excluding hydrogens is 412 g/mol. The van der Waals surface area contributed by atoms with E-state index in [2.05, 4.69) is 35.2 Å². The number of para-hydroxylation sites is 1. The van der Waals surface area contributed by atoms with Crippen LogP contribution < -0.4 is 4.74 Å². The number of ether oxygens (including phenoxy) is 1. The zero-order chi connectivity index (χ0) is 22.8. The summed E-state index contributed by atoms with van der Waals surface area (Å²) in [6, 6.07) is 28.4. The second kappa shape index (κ2) is 9.00. The third-order valence-electron chi connectivity index (χ3n) is 7.30. The van der Waals surface area contributed by atoms with Gasteiger partial charge in [-0.2, -0.15) is 0 Å². The summed E-state index contributed by atoms with van der Waals surface area (Å²) in [5.74, 6) is 1.19. The van der Waals surface area contributed by atoms with E-state index in [4.69, 9.17) is 4.74 Å². The van der Waals surface area contributed by atoms with E-state index >= 15 is 0 Å². The van der Waals surface area contributed by atoms with Crippen LogP contribution in [0.5, 0.6) is 5.75 Å². The van der Waals surface area contributed by atoms with Crippen molar-refractivity contribution in [2.75, 3.05) is 26.8 Å². The Hall–Kier alpha value is -3.15. The largest absolute Gasteiger partial charge is 0.496 e. The summed E-state index contributed by atoms with van der Waals surface area (Å²) in [7, 11) is 1.69. The molecule has 3 aromatic carbocycles. The van der Waals surface area contributed by atoms with Crippen molar-refractivity contribution in [2.24, 2.45) is 0 Å². The predicted molar refractivity (Wildman–Crippen MR) is 128 cm³/mol. The summed E-state index contributed by atoms with van der Waals surface area (Å²) >= 11 is 0. The van der Waals surface area contributed by atoms with Gasteiger partial charge in [-0.3, -0.25) is 9.69 Å². The first-order chi connectivity index (χ1) is 16.2. The molecule has 2 aliphatic rings. The maximum absolute atomic E-state index is 13.0. The van der Waals surface area contributed by atoms with Crippen molar-refractivity contribution in [3.05, 3.63) is 102 Å². The van der Waals surface area contributed by atoms with Crippen LogP contribution in [0.3, 0.4) is 0 Å². The van der Waals surface area contributed by atoms with Gasteiger partial charge >= 0.3 is 0 Å². The Labute approximate surface area is 195 Å². The van der Waals surface area contributed by atoms with E-state index in [-0.39, 0.29) is 30.0 Å². The van der Waals surface area contributed by atoms with Crippen molar-refractivity contribution >= 4 is 5.91 Å². The van der Waals surface area contributed by atoms with Crippen molar-refractivity contribution in [2.45, 2.75) is 30.5 Å². The number of benzene rings is 3. The highest BCUT2D eigenvalue weighted by Crippen LogP contribution is 2.54. The van der Waals surface area contributed by atoms with E-state index < -0.39 is 0 Å². The molecule has 0 saturated carbocycles. The molecule has 3 aromatic rings. The molecule has 0 aliphatic carbocycles. The Kier molecular flexibility index (Phi) is 5.92. The molecule has 0 unspecified atom stereocenters. The fourth-order valence-corrected chi connectivity index (χ4v) is 5.71. The van der Waals surface area contributed by atoms with E-state index in [0.717, 1.165) is 16.9 Å². The fourth-order valence-electron chi connectivity index (χ4n) is 5.71. The first kappa shape index (κ1) is 21.7. The summed E-state index contributed by atoms with van der Waals surface area (Å²) in [4.78, 5) is 17.4. The van der Waals surface area contributed by atoms with E-state index in [1.54, 1.807) is 7.11 Å². The molecule has 0 radical (unpaired) electrons. The van der Waals surface area contributed by atoms with Gasteiger partial charge in [0, 0.05) is 37.2 Å². The van der Waals surface area contributed by atoms with Gasteiger partial charge in [0.1, 0.15) is 5.75 Å². The third-order valence-corrected chi connectivity index (χ3v) is 7.30. The van der Waals surface area contributed by atoms with Crippen LogP contribution in [0.4, 0.5) is 0 Å².